The number of phenolic OH excluding ortho intramolecular Hbond substituents is 1. The van der Waals surface area contributed by atoms with Gasteiger partial charge in [0, 0.05) is 29.1 Å². The molecule has 2 heterocycles. The van der Waals surface area contributed by atoms with Gasteiger partial charge in [-0.2, -0.15) is 0 Å². The number of benzene rings is 3. The molecule has 0 fully saturated rings. The summed E-state index contributed by atoms with van der Waals surface area (Å²) in [5.41, 5.74) is 3.49. The van der Waals surface area contributed by atoms with Crippen LogP contribution in [-0.2, 0) is 6.42 Å². The number of carbonyl (C=O) groups excluding carboxylic acids is 2. The Balaban J connectivity index is 1.65. The van der Waals surface area contributed by atoms with Crippen LogP contribution in [0.15, 0.2) is 91.1 Å². The van der Waals surface area contributed by atoms with Gasteiger partial charge in [0.15, 0.2) is 11.6 Å². The number of pyridine rings is 1. The monoisotopic (exact) mass is 435 g/mol. The highest BCUT2D eigenvalue weighted by Gasteiger charge is 2.20. The Morgan fingerprint density at radius 1 is 0.848 bits per heavy atom. The van der Waals surface area contributed by atoms with E-state index in [0.717, 1.165) is 27.7 Å². The summed E-state index contributed by atoms with van der Waals surface area (Å²) in [6.45, 7) is 0. The first-order valence-electron chi connectivity index (χ1n) is 10.6. The second-order valence-corrected chi connectivity index (χ2v) is 7.90. The molecule has 5 nitrogen and oxygen atoms in total. The third-order valence-electron chi connectivity index (χ3n) is 5.83. The number of carbonyl (C=O) groups is 2. The highest BCUT2D eigenvalue weighted by atomic mass is 16.5. The number of ketones is 2. The number of hydrogen-bond acceptors (Lipinski definition) is 4. The van der Waals surface area contributed by atoms with Crippen molar-refractivity contribution in [2.24, 2.45) is 0 Å². The predicted molar refractivity (Wildman–Crippen MR) is 127 cm³/mol. The SMILES string of the molecule is COc1ccc(CC(=O)c2cc(C(=O)c3ccccc3O)cn3c2cc2ccccc23)cc1. The highest BCUT2D eigenvalue weighted by molar-refractivity contribution is 6.13. The van der Waals surface area contributed by atoms with Crippen molar-refractivity contribution in [3.63, 3.8) is 0 Å². The minimum absolute atomic E-state index is 0.0916. The molecule has 3 aromatic carbocycles. The zero-order valence-electron chi connectivity index (χ0n) is 18.0. The summed E-state index contributed by atoms with van der Waals surface area (Å²) in [5, 5.41) is 11.2. The number of ether oxygens (including phenoxy) is 1. The number of methoxy groups -OCH3 is 1. The summed E-state index contributed by atoms with van der Waals surface area (Å²) in [7, 11) is 1.60. The van der Waals surface area contributed by atoms with Crippen LogP contribution in [0.4, 0.5) is 0 Å². The van der Waals surface area contributed by atoms with Gasteiger partial charge in [0.25, 0.3) is 0 Å². The Labute approximate surface area is 190 Å². The van der Waals surface area contributed by atoms with Crippen LogP contribution in [0.3, 0.4) is 0 Å². The topological polar surface area (TPSA) is 68.0 Å². The lowest BCUT2D eigenvalue weighted by atomic mass is 9.98. The molecule has 0 bridgehead atoms. The molecule has 0 aliphatic heterocycles. The van der Waals surface area contributed by atoms with Crippen LogP contribution in [0.25, 0.3) is 16.4 Å². The molecule has 0 atom stereocenters. The van der Waals surface area contributed by atoms with E-state index in [1.165, 1.54) is 6.07 Å². The summed E-state index contributed by atoms with van der Waals surface area (Å²) in [6, 6.07) is 25.2. The molecule has 1 N–H and O–H groups in total. The molecule has 0 spiro atoms. The first-order valence-corrected chi connectivity index (χ1v) is 10.6. The predicted octanol–water partition coefficient (Wildman–Crippen LogP) is 5.46. The van der Waals surface area contributed by atoms with Crippen LogP contribution in [0.5, 0.6) is 11.5 Å². The van der Waals surface area contributed by atoms with Crippen LogP contribution in [0, 0.1) is 0 Å². The maximum atomic E-state index is 13.4. The van der Waals surface area contributed by atoms with E-state index in [-0.39, 0.29) is 29.3 Å². The van der Waals surface area contributed by atoms with E-state index in [0.29, 0.717) is 11.1 Å². The smallest absolute Gasteiger partial charge is 0.198 e. The van der Waals surface area contributed by atoms with Gasteiger partial charge in [0.2, 0.25) is 0 Å². The van der Waals surface area contributed by atoms with Crippen LogP contribution in [0.1, 0.15) is 31.8 Å². The number of aromatic hydroxyl groups is 1. The fourth-order valence-electron chi connectivity index (χ4n) is 4.12. The van der Waals surface area contributed by atoms with E-state index in [1.807, 2.05) is 59.0 Å². The minimum atomic E-state index is -0.341. The van der Waals surface area contributed by atoms with Crippen molar-refractivity contribution in [1.29, 1.82) is 0 Å². The summed E-state index contributed by atoms with van der Waals surface area (Å²) < 4.78 is 7.08. The van der Waals surface area contributed by atoms with E-state index >= 15 is 0 Å². The van der Waals surface area contributed by atoms with Gasteiger partial charge in [-0.15, -0.1) is 0 Å². The van der Waals surface area contributed by atoms with E-state index in [1.54, 1.807) is 37.6 Å². The largest absolute Gasteiger partial charge is 0.507 e. The molecule has 0 aliphatic carbocycles. The maximum absolute atomic E-state index is 13.4. The number of phenols is 1. The van der Waals surface area contributed by atoms with Crippen molar-refractivity contribution in [3.8, 4) is 11.5 Å². The fourth-order valence-corrected chi connectivity index (χ4v) is 4.12. The average molecular weight is 435 g/mol. The average Bonchev–Trinajstić information content (AvgIpc) is 3.22. The summed E-state index contributed by atoms with van der Waals surface area (Å²) >= 11 is 0. The number of para-hydroxylation sites is 2. The van der Waals surface area contributed by atoms with Crippen LogP contribution in [-0.4, -0.2) is 28.2 Å². The molecule has 0 radical (unpaired) electrons. The number of nitrogens with zero attached hydrogens (tertiary/aromatic N) is 1. The van der Waals surface area contributed by atoms with Crippen LogP contribution >= 0.6 is 0 Å². The molecule has 0 amide bonds. The Hall–Kier alpha value is -4.38. The zero-order valence-corrected chi connectivity index (χ0v) is 18.0. The molecule has 5 aromatic rings. The van der Waals surface area contributed by atoms with Crippen molar-refractivity contribution < 1.29 is 19.4 Å². The number of rotatable bonds is 6. The molecule has 0 unspecified atom stereocenters. The van der Waals surface area contributed by atoms with Gasteiger partial charge < -0.3 is 14.2 Å². The Bertz CT molecular complexity index is 1510. The standard InChI is InChI=1S/C28H21NO4/c1-33-21-12-10-18(11-13-21)14-27(31)23-15-20(28(32)22-7-3-5-9-26(22)30)17-29-24-8-4-2-6-19(24)16-25(23)29/h2-13,15-17,30H,14H2,1H3. The van der Waals surface area contributed by atoms with Crippen molar-refractivity contribution in [1.82, 2.24) is 4.40 Å². The Morgan fingerprint density at radius 3 is 2.33 bits per heavy atom. The summed E-state index contributed by atoms with van der Waals surface area (Å²) in [4.78, 5) is 26.7. The molecule has 5 heteroatoms. The lowest BCUT2D eigenvalue weighted by molar-refractivity contribution is 0.0994. The number of fused-ring (bicyclic) bond motifs is 3. The minimum Gasteiger partial charge on any atom is -0.507 e. The molecule has 0 saturated heterocycles. The van der Waals surface area contributed by atoms with Crippen molar-refractivity contribution in [2.75, 3.05) is 7.11 Å². The third-order valence-corrected chi connectivity index (χ3v) is 5.83. The van der Waals surface area contributed by atoms with Crippen molar-refractivity contribution in [2.45, 2.75) is 6.42 Å². The van der Waals surface area contributed by atoms with Gasteiger partial charge in [-0.1, -0.05) is 42.5 Å². The molecule has 0 saturated carbocycles. The molecule has 2 aromatic heterocycles. The van der Waals surface area contributed by atoms with E-state index in [4.69, 9.17) is 4.74 Å². The normalized spacial score (nSPS) is 11.1. The highest BCUT2D eigenvalue weighted by Crippen LogP contribution is 2.28. The lowest BCUT2D eigenvalue weighted by Gasteiger charge is -2.10. The van der Waals surface area contributed by atoms with Gasteiger partial charge in [0.1, 0.15) is 11.5 Å². The first kappa shape index (κ1) is 20.5. The van der Waals surface area contributed by atoms with Gasteiger partial charge >= 0.3 is 0 Å². The van der Waals surface area contributed by atoms with Crippen LogP contribution in [0.2, 0.25) is 0 Å². The van der Waals surface area contributed by atoms with E-state index in [2.05, 4.69) is 0 Å². The third kappa shape index (κ3) is 3.74. The second kappa shape index (κ2) is 8.28. The molecule has 5 rings (SSSR count). The van der Waals surface area contributed by atoms with Gasteiger partial charge in [-0.25, -0.2) is 0 Å². The second-order valence-electron chi connectivity index (χ2n) is 7.90. The number of Topliss-reactive ketones (excluding diaryl/α,β-unsaturated/α-hetero) is 1. The van der Waals surface area contributed by atoms with Gasteiger partial charge in [-0.05, 0) is 48.0 Å². The van der Waals surface area contributed by atoms with E-state index in [9.17, 15) is 14.7 Å². The van der Waals surface area contributed by atoms with Crippen LogP contribution < -0.4 is 4.74 Å². The Morgan fingerprint density at radius 2 is 1.58 bits per heavy atom. The van der Waals surface area contributed by atoms with Crippen molar-refractivity contribution >= 4 is 28.0 Å². The molecule has 0 aliphatic rings. The fraction of sp³-hybridized carbons (Fsp3) is 0.0714. The quantitative estimate of drug-likeness (QED) is 0.360. The van der Waals surface area contributed by atoms with E-state index < -0.39 is 0 Å². The summed E-state index contributed by atoms with van der Waals surface area (Å²) in [5.74, 6) is 0.193. The van der Waals surface area contributed by atoms with Gasteiger partial charge in [0.05, 0.1) is 23.7 Å². The molecule has 162 valence electrons. The summed E-state index contributed by atoms with van der Waals surface area (Å²) in [6.07, 6.45) is 1.92. The zero-order chi connectivity index (χ0) is 22.9. The number of aromatic nitrogens is 1. The maximum Gasteiger partial charge on any atom is 0.198 e. The number of hydrogen-bond donors (Lipinski definition) is 1. The molecular formula is C28H21NO4. The van der Waals surface area contributed by atoms with Gasteiger partial charge in [-0.3, -0.25) is 9.59 Å². The molecule has 33 heavy (non-hydrogen) atoms. The lowest BCUT2D eigenvalue weighted by Crippen LogP contribution is -2.10. The first-order chi connectivity index (χ1) is 16.0. The van der Waals surface area contributed by atoms with Crippen molar-refractivity contribution in [3.05, 3.63) is 113 Å². The Kier molecular flexibility index (Phi) is 5.15. The molecular weight excluding hydrogens is 414 g/mol.